The predicted octanol–water partition coefficient (Wildman–Crippen LogP) is 0.359. The van der Waals surface area contributed by atoms with Crippen LogP contribution < -0.4 is 10.6 Å². The lowest BCUT2D eigenvalue weighted by Crippen LogP contribution is -2.54. The molecule has 0 aromatic rings. The number of carbonyl (C=O) groups excluding carboxylic acids is 2. The zero-order chi connectivity index (χ0) is 13.5. The highest BCUT2D eigenvalue weighted by atomic mass is 16.2. The van der Waals surface area contributed by atoms with Crippen molar-refractivity contribution in [3.8, 4) is 0 Å². The van der Waals surface area contributed by atoms with E-state index in [-0.39, 0.29) is 18.4 Å². The Morgan fingerprint density at radius 2 is 1.82 bits per heavy atom. The van der Waals surface area contributed by atoms with Crippen LogP contribution in [0.5, 0.6) is 0 Å². The van der Waals surface area contributed by atoms with Crippen LogP contribution in [0.3, 0.4) is 0 Å². The fraction of sp³-hybridized carbons (Fsp3) is 0.833. The molecule has 0 heterocycles. The van der Waals surface area contributed by atoms with Gasteiger partial charge in [0, 0.05) is 13.6 Å². The molecule has 0 rings (SSSR count). The van der Waals surface area contributed by atoms with Crippen LogP contribution in [-0.4, -0.2) is 48.9 Å². The number of carbonyl (C=O) groups is 2. The summed E-state index contributed by atoms with van der Waals surface area (Å²) in [5.74, 6) is -0.194. The molecule has 5 heteroatoms. The van der Waals surface area contributed by atoms with E-state index >= 15 is 0 Å². The molecular formula is C12H25N3O2. The molecule has 0 saturated heterocycles. The maximum atomic E-state index is 12.0. The smallest absolute Gasteiger partial charge is 0.242 e. The molecule has 0 aromatic heterocycles. The van der Waals surface area contributed by atoms with Crippen molar-refractivity contribution in [3.63, 3.8) is 0 Å². The first-order chi connectivity index (χ1) is 7.85. The van der Waals surface area contributed by atoms with Crippen LogP contribution in [0, 0.1) is 0 Å². The summed E-state index contributed by atoms with van der Waals surface area (Å²) in [6.45, 7) is 9.05. The van der Waals surface area contributed by atoms with Crippen molar-refractivity contribution in [1.82, 2.24) is 15.5 Å². The lowest BCUT2D eigenvalue weighted by molar-refractivity contribution is -0.139. The molecule has 2 N–H and O–H groups in total. The van der Waals surface area contributed by atoms with Gasteiger partial charge in [0.05, 0.1) is 12.1 Å². The first-order valence-corrected chi connectivity index (χ1v) is 6.12. The van der Waals surface area contributed by atoms with E-state index in [2.05, 4.69) is 10.6 Å². The van der Waals surface area contributed by atoms with Crippen molar-refractivity contribution in [3.05, 3.63) is 0 Å². The summed E-state index contributed by atoms with van der Waals surface area (Å²) in [5, 5.41) is 5.84. The van der Waals surface area contributed by atoms with Crippen molar-refractivity contribution in [2.75, 3.05) is 26.7 Å². The van der Waals surface area contributed by atoms with Crippen LogP contribution in [0.25, 0.3) is 0 Å². The second-order valence-electron chi connectivity index (χ2n) is 4.67. The van der Waals surface area contributed by atoms with Gasteiger partial charge < -0.3 is 15.5 Å². The Hall–Kier alpha value is -1.10. The zero-order valence-electron chi connectivity index (χ0n) is 11.6. The van der Waals surface area contributed by atoms with E-state index in [4.69, 9.17) is 0 Å². The molecule has 0 bridgehead atoms. The quantitative estimate of drug-likeness (QED) is 0.678. The lowest BCUT2D eigenvalue weighted by atomic mass is 10.0. The van der Waals surface area contributed by atoms with Gasteiger partial charge in [-0.3, -0.25) is 9.59 Å². The van der Waals surface area contributed by atoms with Crippen molar-refractivity contribution in [2.45, 2.75) is 39.7 Å². The minimum absolute atomic E-state index is 0.0778. The summed E-state index contributed by atoms with van der Waals surface area (Å²) < 4.78 is 0. The van der Waals surface area contributed by atoms with Gasteiger partial charge in [0.15, 0.2) is 0 Å². The zero-order valence-corrected chi connectivity index (χ0v) is 11.6. The van der Waals surface area contributed by atoms with Crippen LogP contribution in [-0.2, 0) is 9.59 Å². The van der Waals surface area contributed by atoms with E-state index in [1.807, 2.05) is 27.7 Å². The highest BCUT2D eigenvalue weighted by molar-refractivity contribution is 5.89. The summed E-state index contributed by atoms with van der Waals surface area (Å²) in [6.07, 6.45) is 0.895. The standard InChI is InChI=1S/C12H25N3O2/c1-6-8-13-10(16)9-15(5)11(17)12(3,4)14-7-2/h14H,6-9H2,1-5H3,(H,13,16). The van der Waals surface area contributed by atoms with Crippen LogP contribution in [0.4, 0.5) is 0 Å². The average Bonchev–Trinajstić information content (AvgIpc) is 2.25. The monoisotopic (exact) mass is 243 g/mol. The number of hydrogen-bond acceptors (Lipinski definition) is 3. The van der Waals surface area contributed by atoms with E-state index in [1.54, 1.807) is 7.05 Å². The van der Waals surface area contributed by atoms with Gasteiger partial charge in [0.25, 0.3) is 0 Å². The van der Waals surface area contributed by atoms with E-state index in [0.29, 0.717) is 13.1 Å². The lowest BCUT2D eigenvalue weighted by Gasteiger charge is -2.29. The van der Waals surface area contributed by atoms with E-state index < -0.39 is 5.54 Å². The minimum Gasteiger partial charge on any atom is -0.355 e. The fourth-order valence-corrected chi connectivity index (χ4v) is 1.60. The van der Waals surface area contributed by atoms with Gasteiger partial charge in [-0.2, -0.15) is 0 Å². The van der Waals surface area contributed by atoms with Crippen molar-refractivity contribution in [2.24, 2.45) is 0 Å². The Morgan fingerprint density at radius 1 is 1.24 bits per heavy atom. The van der Waals surface area contributed by atoms with E-state index in [1.165, 1.54) is 4.90 Å². The first-order valence-electron chi connectivity index (χ1n) is 6.12. The van der Waals surface area contributed by atoms with Gasteiger partial charge in [0.1, 0.15) is 0 Å². The van der Waals surface area contributed by atoms with Crippen molar-refractivity contribution >= 4 is 11.8 Å². The number of nitrogens with zero attached hydrogens (tertiary/aromatic N) is 1. The van der Waals surface area contributed by atoms with E-state index in [0.717, 1.165) is 6.42 Å². The summed E-state index contributed by atoms with van der Waals surface area (Å²) >= 11 is 0. The molecule has 0 fully saturated rings. The molecule has 0 unspecified atom stereocenters. The summed E-state index contributed by atoms with van der Waals surface area (Å²) in [7, 11) is 1.65. The van der Waals surface area contributed by atoms with Gasteiger partial charge >= 0.3 is 0 Å². The van der Waals surface area contributed by atoms with Gasteiger partial charge in [0.2, 0.25) is 11.8 Å². The molecular weight excluding hydrogens is 218 g/mol. The molecule has 0 spiro atoms. The third-order valence-electron chi connectivity index (χ3n) is 2.45. The Morgan fingerprint density at radius 3 is 2.29 bits per heavy atom. The van der Waals surface area contributed by atoms with Gasteiger partial charge in [-0.25, -0.2) is 0 Å². The second kappa shape index (κ2) is 7.27. The third-order valence-corrected chi connectivity index (χ3v) is 2.45. The predicted molar refractivity (Wildman–Crippen MR) is 68.7 cm³/mol. The van der Waals surface area contributed by atoms with Crippen LogP contribution in [0.2, 0.25) is 0 Å². The molecule has 0 aromatic carbocycles. The van der Waals surface area contributed by atoms with Crippen LogP contribution in [0.15, 0.2) is 0 Å². The van der Waals surface area contributed by atoms with E-state index in [9.17, 15) is 9.59 Å². The third kappa shape index (κ3) is 5.68. The molecule has 0 atom stereocenters. The number of nitrogens with one attached hydrogen (secondary N) is 2. The Balaban J connectivity index is 4.26. The minimum atomic E-state index is -0.630. The number of hydrogen-bond donors (Lipinski definition) is 2. The first kappa shape index (κ1) is 15.9. The Bertz CT molecular complexity index is 264. The molecule has 0 aliphatic heterocycles. The molecule has 0 aliphatic rings. The highest BCUT2D eigenvalue weighted by Crippen LogP contribution is 2.06. The fourth-order valence-electron chi connectivity index (χ4n) is 1.60. The Kier molecular flexibility index (Phi) is 6.80. The Labute approximate surface area is 104 Å². The second-order valence-corrected chi connectivity index (χ2v) is 4.67. The van der Waals surface area contributed by atoms with Gasteiger partial charge in [-0.1, -0.05) is 13.8 Å². The SMILES string of the molecule is CCCNC(=O)CN(C)C(=O)C(C)(C)NCC. The normalized spacial score (nSPS) is 11.1. The summed E-state index contributed by atoms with van der Waals surface area (Å²) in [6, 6.07) is 0. The largest absolute Gasteiger partial charge is 0.355 e. The van der Waals surface area contributed by atoms with Crippen LogP contribution in [0.1, 0.15) is 34.1 Å². The number of amides is 2. The van der Waals surface area contributed by atoms with Crippen molar-refractivity contribution < 1.29 is 9.59 Å². The molecule has 0 radical (unpaired) electrons. The van der Waals surface area contributed by atoms with Gasteiger partial charge in [-0.05, 0) is 26.8 Å². The molecule has 17 heavy (non-hydrogen) atoms. The molecule has 0 aliphatic carbocycles. The maximum Gasteiger partial charge on any atom is 0.242 e. The molecule has 5 nitrogen and oxygen atoms in total. The molecule has 0 saturated carbocycles. The summed E-state index contributed by atoms with van der Waals surface area (Å²) in [4.78, 5) is 25.0. The molecule has 100 valence electrons. The maximum absolute atomic E-state index is 12.0. The van der Waals surface area contributed by atoms with Crippen molar-refractivity contribution in [1.29, 1.82) is 0 Å². The average molecular weight is 243 g/mol. The number of rotatable bonds is 7. The topological polar surface area (TPSA) is 61.4 Å². The number of likely N-dealkylation sites (N-methyl/N-ethyl adjacent to an activating group) is 2. The van der Waals surface area contributed by atoms with Gasteiger partial charge in [-0.15, -0.1) is 0 Å². The van der Waals surface area contributed by atoms with Crippen LogP contribution >= 0.6 is 0 Å². The highest BCUT2D eigenvalue weighted by Gasteiger charge is 2.29. The summed E-state index contributed by atoms with van der Waals surface area (Å²) in [5.41, 5.74) is -0.630. The molecule has 2 amide bonds.